The number of carbonyl (C=O) groups excluding carboxylic acids is 1. The predicted molar refractivity (Wildman–Crippen MR) is 118 cm³/mol. The van der Waals surface area contributed by atoms with Crippen molar-refractivity contribution >= 4 is 35.0 Å². The molecular weight excluding hydrogens is 422 g/mol. The predicted octanol–water partition coefficient (Wildman–Crippen LogP) is 4.45. The Balaban J connectivity index is 1.58. The van der Waals surface area contributed by atoms with E-state index in [4.69, 9.17) is 16.3 Å². The molecule has 0 bridgehead atoms. The van der Waals surface area contributed by atoms with Crippen LogP contribution in [-0.2, 0) is 4.79 Å². The number of halogens is 1. The van der Waals surface area contributed by atoms with Gasteiger partial charge in [-0.15, -0.1) is 10.2 Å². The molecule has 1 N–H and O–H groups in total. The monoisotopic (exact) mass is 439 g/mol. The number of hydrogen-bond donors (Lipinski definition) is 1. The molecule has 0 aliphatic carbocycles. The van der Waals surface area contributed by atoms with Gasteiger partial charge < -0.3 is 10.1 Å². The van der Waals surface area contributed by atoms with E-state index in [9.17, 15) is 4.79 Å². The minimum Gasteiger partial charge on any atom is -0.497 e. The number of rotatable bonds is 7. The number of anilines is 1. The van der Waals surface area contributed by atoms with E-state index in [1.54, 1.807) is 19.2 Å². The Morgan fingerprint density at radius 3 is 2.67 bits per heavy atom. The smallest absolute Gasteiger partial charge is 0.234 e. The lowest BCUT2D eigenvalue weighted by molar-refractivity contribution is -0.113. The average Bonchev–Trinajstić information content (AvgIpc) is 3.43. The van der Waals surface area contributed by atoms with Gasteiger partial charge in [0.25, 0.3) is 0 Å². The number of ether oxygens (including phenoxy) is 1. The second-order valence-corrected chi connectivity index (χ2v) is 7.58. The number of nitrogens with zero attached hydrogens (tertiary/aromatic N) is 4. The summed E-state index contributed by atoms with van der Waals surface area (Å²) in [4.78, 5) is 12.4. The molecule has 0 saturated carbocycles. The van der Waals surface area contributed by atoms with Crippen LogP contribution >= 0.6 is 23.4 Å². The van der Waals surface area contributed by atoms with Crippen LogP contribution in [0.4, 0.5) is 5.69 Å². The largest absolute Gasteiger partial charge is 0.497 e. The molecule has 0 atom stereocenters. The maximum atomic E-state index is 12.4. The second kappa shape index (κ2) is 9.06. The Labute approximate surface area is 182 Å². The highest BCUT2D eigenvalue weighted by molar-refractivity contribution is 7.99. The molecule has 0 aliphatic heterocycles. The average molecular weight is 440 g/mol. The van der Waals surface area contributed by atoms with Crippen LogP contribution in [0.15, 0.2) is 78.2 Å². The lowest BCUT2D eigenvalue weighted by Crippen LogP contribution is -2.16. The highest BCUT2D eigenvalue weighted by Gasteiger charge is 2.17. The summed E-state index contributed by atoms with van der Waals surface area (Å²) >= 11 is 7.40. The van der Waals surface area contributed by atoms with E-state index in [1.807, 2.05) is 70.3 Å². The van der Waals surface area contributed by atoms with Gasteiger partial charge in [-0.2, -0.15) is 0 Å². The zero-order valence-corrected chi connectivity index (χ0v) is 17.6. The molecule has 152 valence electrons. The van der Waals surface area contributed by atoms with Crippen molar-refractivity contribution in [2.24, 2.45) is 0 Å². The molecule has 4 rings (SSSR count). The van der Waals surface area contributed by atoms with Crippen LogP contribution in [0, 0.1) is 0 Å². The Hall–Kier alpha value is -3.23. The van der Waals surface area contributed by atoms with Crippen molar-refractivity contribution in [1.82, 2.24) is 19.5 Å². The topological polar surface area (TPSA) is 74.0 Å². The van der Waals surface area contributed by atoms with Crippen molar-refractivity contribution in [2.45, 2.75) is 5.16 Å². The van der Waals surface area contributed by atoms with Crippen molar-refractivity contribution in [1.29, 1.82) is 0 Å². The van der Waals surface area contributed by atoms with Crippen molar-refractivity contribution in [2.75, 3.05) is 18.2 Å². The lowest BCUT2D eigenvalue weighted by Gasteiger charge is -2.12. The van der Waals surface area contributed by atoms with E-state index in [0.29, 0.717) is 21.7 Å². The molecule has 0 radical (unpaired) electrons. The summed E-state index contributed by atoms with van der Waals surface area (Å²) in [6.45, 7) is 0. The van der Waals surface area contributed by atoms with Gasteiger partial charge in [0.05, 0.1) is 23.6 Å². The number of thioether (sulfide) groups is 1. The lowest BCUT2D eigenvalue weighted by atomic mass is 10.2. The number of hydrogen-bond acceptors (Lipinski definition) is 5. The van der Waals surface area contributed by atoms with E-state index in [0.717, 1.165) is 11.3 Å². The van der Waals surface area contributed by atoms with Crippen LogP contribution in [0.1, 0.15) is 0 Å². The molecule has 30 heavy (non-hydrogen) atoms. The van der Waals surface area contributed by atoms with Gasteiger partial charge in [0.1, 0.15) is 5.75 Å². The summed E-state index contributed by atoms with van der Waals surface area (Å²) < 4.78 is 9.04. The van der Waals surface area contributed by atoms with Gasteiger partial charge in [0, 0.05) is 18.0 Å². The zero-order chi connectivity index (χ0) is 20.9. The number of nitrogens with one attached hydrogen (secondary N) is 1. The Bertz CT molecular complexity index is 1160. The minimum absolute atomic E-state index is 0.155. The van der Waals surface area contributed by atoms with E-state index < -0.39 is 0 Å². The van der Waals surface area contributed by atoms with Crippen molar-refractivity contribution < 1.29 is 9.53 Å². The first-order valence-corrected chi connectivity index (χ1v) is 10.4. The maximum absolute atomic E-state index is 12.4. The SMILES string of the molecule is COc1cccc(-c2nnc(SCC(=O)Nc3ccccc3Cl)n2-n2cccc2)c1. The van der Waals surface area contributed by atoms with Crippen LogP contribution < -0.4 is 10.1 Å². The first kappa shape index (κ1) is 20.1. The Morgan fingerprint density at radius 1 is 1.10 bits per heavy atom. The Morgan fingerprint density at radius 2 is 1.90 bits per heavy atom. The highest BCUT2D eigenvalue weighted by atomic mass is 35.5. The number of carbonyl (C=O) groups is 1. The van der Waals surface area contributed by atoms with E-state index in [1.165, 1.54) is 11.8 Å². The van der Waals surface area contributed by atoms with Gasteiger partial charge >= 0.3 is 0 Å². The summed E-state index contributed by atoms with van der Waals surface area (Å²) in [5.41, 5.74) is 1.43. The first-order chi connectivity index (χ1) is 14.7. The number of amides is 1. The van der Waals surface area contributed by atoms with Gasteiger partial charge in [-0.3, -0.25) is 9.47 Å². The number of aromatic nitrogens is 4. The van der Waals surface area contributed by atoms with Crippen LogP contribution in [0.2, 0.25) is 5.02 Å². The molecule has 2 aromatic heterocycles. The minimum atomic E-state index is -0.182. The molecule has 0 spiro atoms. The fourth-order valence-electron chi connectivity index (χ4n) is 2.84. The summed E-state index contributed by atoms with van der Waals surface area (Å²) in [6.07, 6.45) is 3.78. The molecule has 4 aromatic rings. The Kier molecular flexibility index (Phi) is 6.06. The van der Waals surface area contributed by atoms with Gasteiger partial charge in [-0.25, -0.2) is 4.68 Å². The molecule has 1 amide bonds. The van der Waals surface area contributed by atoms with E-state index >= 15 is 0 Å². The summed E-state index contributed by atoms with van der Waals surface area (Å²) in [6, 6.07) is 18.5. The summed E-state index contributed by atoms with van der Waals surface area (Å²) in [5.74, 6) is 1.34. The molecule has 0 aliphatic rings. The molecule has 9 heteroatoms. The van der Waals surface area contributed by atoms with Crippen molar-refractivity contribution in [3.8, 4) is 17.1 Å². The molecule has 7 nitrogen and oxygen atoms in total. The van der Waals surface area contributed by atoms with Crippen LogP contribution in [0.25, 0.3) is 11.4 Å². The van der Waals surface area contributed by atoms with Crippen molar-refractivity contribution in [3.05, 3.63) is 78.1 Å². The number of benzene rings is 2. The van der Waals surface area contributed by atoms with E-state index in [2.05, 4.69) is 15.5 Å². The summed E-state index contributed by atoms with van der Waals surface area (Å²) in [5, 5.41) is 12.6. The van der Waals surface area contributed by atoms with Gasteiger partial charge in [-0.05, 0) is 36.4 Å². The highest BCUT2D eigenvalue weighted by Crippen LogP contribution is 2.27. The molecule has 0 unspecified atom stereocenters. The molecule has 2 aromatic carbocycles. The molecule has 2 heterocycles. The first-order valence-electron chi connectivity index (χ1n) is 9.06. The van der Waals surface area contributed by atoms with Crippen molar-refractivity contribution in [3.63, 3.8) is 0 Å². The van der Waals surface area contributed by atoms with E-state index in [-0.39, 0.29) is 11.7 Å². The summed E-state index contributed by atoms with van der Waals surface area (Å²) in [7, 11) is 1.62. The number of para-hydroxylation sites is 1. The van der Waals surface area contributed by atoms with Crippen LogP contribution in [0.3, 0.4) is 0 Å². The normalized spacial score (nSPS) is 10.7. The van der Waals surface area contributed by atoms with Gasteiger partial charge in [-0.1, -0.05) is 47.6 Å². The second-order valence-electron chi connectivity index (χ2n) is 6.23. The third-order valence-electron chi connectivity index (χ3n) is 4.24. The molecular formula is C21H18ClN5O2S. The third kappa shape index (κ3) is 4.34. The zero-order valence-electron chi connectivity index (χ0n) is 16.0. The molecule has 0 saturated heterocycles. The quantitative estimate of drug-likeness (QED) is 0.430. The molecule has 0 fully saturated rings. The van der Waals surface area contributed by atoms with Gasteiger partial charge in [0.2, 0.25) is 11.1 Å². The third-order valence-corrected chi connectivity index (χ3v) is 5.49. The standard InChI is InChI=1S/C21H18ClN5O2S/c1-29-16-8-6-7-15(13-16)20-24-25-21(27(20)26-11-4-5-12-26)30-14-19(28)23-18-10-3-2-9-17(18)22/h2-13H,14H2,1H3,(H,23,28). The van der Waals surface area contributed by atoms with Crippen LogP contribution in [0.5, 0.6) is 5.75 Å². The fraction of sp³-hybridized carbons (Fsp3) is 0.0952. The van der Waals surface area contributed by atoms with Gasteiger partial charge in [0.15, 0.2) is 5.82 Å². The fourth-order valence-corrected chi connectivity index (χ4v) is 3.76. The van der Waals surface area contributed by atoms with Crippen LogP contribution in [-0.4, -0.2) is 38.3 Å². The maximum Gasteiger partial charge on any atom is 0.234 e. The number of methoxy groups -OCH3 is 1.